The lowest BCUT2D eigenvalue weighted by Gasteiger charge is -2.57. The molecule has 4 aliphatic carbocycles. The molecule has 5 heteroatoms. The maximum Gasteiger partial charge on any atom is 0.136 e. The van der Waals surface area contributed by atoms with E-state index in [1.807, 2.05) is 6.92 Å². The summed E-state index contributed by atoms with van der Waals surface area (Å²) >= 11 is 0. The minimum absolute atomic E-state index is 0.0325. The predicted octanol–water partition coefficient (Wildman–Crippen LogP) is 4.20. The van der Waals surface area contributed by atoms with Crippen LogP contribution in [0.3, 0.4) is 0 Å². The molecule has 4 rings (SSSR count). The van der Waals surface area contributed by atoms with Crippen molar-refractivity contribution in [3.8, 4) is 0 Å². The normalized spacial score (nSPS) is 48.3. The maximum absolute atomic E-state index is 13.2. The number of Topliss-reactive ketones (excluding diaryl/α,β-unsaturated/α-hetero) is 1. The van der Waals surface area contributed by atoms with Crippen LogP contribution < -0.4 is 0 Å². The lowest BCUT2D eigenvalue weighted by atomic mass is 9.48. The summed E-state index contributed by atoms with van der Waals surface area (Å²) in [6.45, 7) is 13.0. The van der Waals surface area contributed by atoms with E-state index in [0.29, 0.717) is 48.9 Å². The summed E-state index contributed by atoms with van der Waals surface area (Å²) in [6.07, 6.45) is 3.78. The van der Waals surface area contributed by atoms with Crippen LogP contribution in [-0.4, -0.2) is 50.6 Å². The van der Waals surface area contributed by atoms with Crippen LogP contribution in [0.2, 0.25) is 0 Å². The molecule has 0 aromatic rings. The molecule has 0 saturated heterocycles. The minimum atomic E-state index is -0.787. The quantitative estimate of drug-likeness (QED) is 0.475. The number of hydrogen-bond acceptors (Lipinski definition) is 5. The highest BCUT2D eigenvalue weighted by Gasteiger charge is 2.62. The van der Waals surface area contributed by atoms with Gasteiger partial charge in [0.05, 0.1) is 24.4 Å². The van der Waals surface area contributed by atoms with Crippen molar-refractivity contribution in [2.24, 2.45) is 58.2 Å². The first kappa shape index (κ1) is 26.6. The number of carbonyl (C=O) groups is 1. The van der Waals surface area contributed by atoms with E-state index in [4.69, 9.17) is 0 Å². The Morgan fingerprint density at radius 1 is 0.853 bits per heavy atom. The molecular weight excluding hydrogens is 428 g/mol. The summed E-state index contributed by atoms with van der Waals surface area (Å²) in [7, 11) is 0. The van der Waals surface area contributed by atoms with E-state index in [1.54, 1.807) is 0 Å². The van der Waals surface area contributed by atoms with Gasteiger partial charge in [-0.25, -0.2) is 0 Å². The molecule has 4 N–H and O–H groups in total. The van der Waals surface area contributed by atoms with Crippen molar-refractivity contribution < 1.29 is 25.2 Å². The molecule has 4 aliphatic rings. The number of aliphatic hydroxyl groups is 4. The molecule has 0 spiro atoms. The van der Waals surface area contributed by atoms with Crippen molar-refractivity contribution >= 4 is 5.78 Å². The zero-order valence-electron chi connectivity index (χ0n) is 22.3. The summed E-state index contributed by atoms with van der Waals surface area (Å²) in [6, 6.07) is 0. The van der Waals surface area contributed by atoms with Crippen LogP contribution in [0.1, 0.15) is 92.9 Å². The molecule has 5 nitrogen and oxygen atoms in total. The van der Waals surface area contributed by atoms with E-state index in [9.17, 15) is 25.2 Å². The van der Waals surface area contributed by atoms with E-state index in [2.05, 4.69) is 34.6 Å². The van der Waals surface area contributed by atoms with E-state index in [0.717, 1.165) is 32.1 Å². The van der Waals surface area contributed by atoms with E-state index >= 15 is 0 Å². The first-order chi connectivity index (χ1) is 15.8. The number of carbonyl (C=O) groups excluding carboxylic acids is 1. The van der Waals surface area contributed by atoms with Crippen molar-refractivity contribution in [1.29, 1.82) is 0 Å². The van der Waals surface area contributed by atoms with Gasteiger partial charge in [-0.3, -0.25) is 4.79 Å². The highest BCUT2D eigenvalue weighted by atomic mass is 16.3. The predicted molar refractivity (Wildman–Crippen MR) is 133 cm³/mol. The summed E-state index contributed by atoms with van der Waals surface area (Å²) < 4.78 is 0. The van der Waals surface area contributed by atoms with Crippen molar-refractivity contribution in [3.63, 3.8) is 0 Å². The largest absolute Gasteiger partial charge is 0.390 e. The Hall–Kier alpha value is -0.490. The molecule has 0 radical (unpaired) electrons. The maximum atomic E-state index is 13.2. The summed E-state index contributed by atoms with van der Waals surface area (Å²) in [4.78, 5) is 13.2. The van der Waals surface area contributed by atoms with Crippen LogP contribution in [0.25, 0.3) is 0 Å². The van der Waals surface area contributed by atoms with Crippen LogP contribution >= 0.6 is 0 Å². The van der Waals surface area contributed by atoms with Crippen molar-refractivity contribution in [3.05, 3.63) is 0 Å². The van der Waals surface area contributed by atoms with E-state index < -0.39 is 24.4 Å². The van der Waals surface area contributed by atoms with Crippen molar-refractivity contribution in [2.75, 3.05) is 0 Å². The molecule has 0 aliphatic heterocycles. The average molecular weight is 479 g/mol. The van der Waals surface area contributed by atoms with Gasteiger partial charge in [0, 0.05) is 12.3 Å². The van der Waals surface area contributed by atoms with Gasteiger partial charge in [-0.1, -0.05) is 41.5 Å². The second kappa shape index (κ2) is 9.43. The third-order valence-electron chi connectivity index (χ3n) is 12.0. The van der Waals surface area contributed by atoms with Gasteiger partial charge in [0.25, 0.3) is 0 Å². The standard InChI is InChI=1S/C29H50O5/c1-15(2)16(3)26(33)27(34)17(4)19-8-9-20-18-7-10-23(30)22-13-24(31)25(32)14-29(22,6)21(18)11-12-28(19,20)5/h15-22,24-27,31-34H,7-14H2,1-6H3/t16-,17-,18-,19+,20-,21-,22-,24-,25+,26+,27+,28+,29+/m0/s1. The van der Waals surface area contributed by atoms with Gasteiger partial charge in [0.1, 0.15) is 5.78 Å². The molecule has 0 heterocycles. The van der Waals surface area contributed by atoms with Gasteiger partial charge in [0.2, 0.25) is 0 Å². The van der Waals surface area contributed by atoms with Crippen molar-refractivity contribution in [1.82, 2.24) is 0 Å². The van der Waals surface area contributed by atoms with Gasteiger partial charge >= 0.3 is 0 Å². The lowest BCUT2D eigenvalue weighted by Crippen LogP contribution is -2.54. The first-order valence-electron chi connectivity index (χ1n) is 14.1. The van der Waals surface area contributed by atoms with Crippen LogP contribution in [-0.2, 0) is 4.79 Å². The SMILES string of the molecule is CC(C)[C@H](C)[C@@H](O)[C@H](O)[C@@H](C)[C@H]1CC[C@H]2[C@@H]3CCC(=O)[C@@H]4C[C@H](O)[C@H](O)C[C@]4(C)[C@H]3CC[C@]12C. The molecule has 4 saturated carbocycles. The van der Waals surface area contributed by atoms with Gasteiger partial charge < -0.3 is 20.4 Å². The average Bonchev–Trinajstić information content (AvgIpc) is 3.09. The molecular formula is C29H50O5. The number of fused-ring (bicyclic) bond motifs is 5. The smallest absolute Gasteiger partial charge is 0.136 e. The Labute approximate surface area is 206 Å². The van der Waals surface area contributed by atoms with E-state index in [-0.39, 0.29) is 34.4 Å². The Kier molecular flexibility index (Phi) is 7.37. The third-order valence-corrected chi connectivity index (χ3v) is 12.0. The molecule has 0 amide bonds. The number of hydrogen-bond donors (Lipinski definition) is 4. The Morgan fingerprint density at radius 2 is 1.50 bits per heavy atom. The van der Waals surface area contributed by atoms with Crippen LogP contribution in [0, 0.1) is 58.2 Å². The highest BCUT2D eigenvalue weighted by molar-refractivity contribution is 5.82. The first-order valence-corrected chi connectivity index (χ1v) is 14.1. The third kappa shape index (κ3) is 4.11. The lowest BCUT2D eigenvalue weighted by molar-refractivity contribution is -0.149. The summed E-state index contributed by atoms with van der Waals surface area (Å²) in [5.41, 5.74) is -0.140. The molecule has 0 unspecified atom stereocenters. The number of aliphatic hydroxyl groups excluding tert-OH is 4. The molecule has 0 aromatic carbocycles. The number of ketones is 1. The minimum Gasteiger partial charge on any atom is -0.390 e. The Morgan fingerprint density at radius 3 is 2.15 bits per heavy atom. The molecule has 0 bridgehead atoms. The fourth-order valence-corrected chi connectivity index (χ4v) is 9.46. The molecule has 13 atom stereocenters. The molecule has 196 valence electrons. The molecule has 0 aromatic heterocycles. The van der Waals surface area contributed by atoms with Crippen LogP contribution in [0.15, 0.2) is 0 Å². The highest BCUT2D eigenvalue weighted by Crippen LogP contribution is 2.67. The fourth-order valence-electron chi connectivity index (χ4n) is 9.46. The molecule has 4 fully saturated rings. The Balaban J connectivity index is 1.58. The van der Waals surface area contributed by atoms with Gasteiger partial charge in [-0.05, 0) is 97.2 Å². The second-order valence-corrected chi connectivity index (χ2v) is 13.7. The van der Waals surface area contributed by atoms with Gasteiger partial charge in [-0.15, -0.1) is 0 Å². The van der Waals surface area contributed by atoms with Gasteiger partial charge in [0.15, 0.2) is 0 Å². The van der Waals surface area contributed by atoms with E-state index in [1.165, 1.54) is 0 Å². The van der Waals surface area contributed by atoms with Crippen LogP contribution in [0.5, 0.6) is 0 Å². The summed E-state index contributed by atoms with van der Waals surface area (Å²) in [5, 5.41) is 43.0. The zero-order chi connectivity index (χ0) is 25.2. The zero-order valence-corrected chi connectivity index (χ0v) is 22.3. The molecule has 34 heavy (non-hydrogen) atoms. The summed E-state index contributed by atoms with van der Waals surface area (Å²) in [5.74, 6) is 2.27. The van der Waals surface area contributed by atoms with Gasteiger partial charge in [-0.2, -0.15) is 0 Å². The second-order valence-electron chi connectivity index (χ2n) is 13.7. The van der Waals surface area contributed by atoms with Crippen LogP contribution in [0.4, 0.5) is 0 Å². The Bertz CT molecular complexity index is 753. The monoisotopic (exact) mass is 478 g/mol. The topological polar surface area (TPSA) is 98.0 Å². The van der Waals surface area contributed by atoms with Crippen molar-refractivity contribution in [2.45, 2.75) is 117 Å². The number of rotatable bonds is 5. The fraction of sp³-hybridized carbons (Fsp3) is 0.966.